The first-order valence-corrected chi connectivity index (χ1v) is 5.33. The number of hydrogen-bond acceptors (Lipinski definition) is 2. The zero-order valence-electron chi connectivity index (χ0n) is 9.59. The van der Waals surface area contributed by atoms with Crippen molar-refractivity contribution in [1.29, 1.82) is 0 Å². The molecule has 17 heavy (non-hydrogen) atoms. The lowest BCUT2D eigenvalue weighted by Crippen LogP contribution is -2.18. The molecule has 0 aliphatic heterocycles. The molecule has 0 bridgehead atoms. The van der Waals surface area contributed by atoms with Crippen LogP contribution < -0.4 is 10.1 Å². The molecule has 0 unspecified atom stereocenters. The molecule has 4 heteroatoms. The first-order valence-electron chi connectivity index (χ1n) is 5.33. The molecule has 0 fully saturated rings. The quantitative estimate of drug-likeness (QED) is 0.874. The van der Waals surface area contributed by atoms with Crippen LogP contribution >= 0.6 is 0 Å². The largest absolute Gasteiger partial charge is 0.482 e. The number of hydrogen-bond donors (Lipinski definition) is 1. The molecular weight excluding hydrogens is 216 g/mol. The van der Waals surface area contributed by atoms with E-state index < -0.39 is 0 Å². The summed E-state index contributed by atoms with van der Waals surface area (Å²) in [5.41, 5.74) is 0.795. The maximum atomic E-state index is 11.8. The number of carbonyl (C=O) groups excluding carboxylic acids is 1. The normalized spacial score (nSPS) is 9.94. The fourth-order valence-electron chi connectivity index (χ4n) is 1.59. The highest BCUT2D eigenvalue weighted by Gasteiger charge is 2.06. The fraction of sp³-hybridized carbons (Fsp3) is 0.154. The molecule has 0 radical (unpaired) electrons. The van der Waals surface area contributed by atoms with Crippen molar-refractivity contribution in [2.75, 3.05) is 12.4 Å². The Kier molecular flexibility index (Phi) is 3.45. The van der Waals surface area contributed by atoms with Crippen LogP contribution in [0.4, 0.5) is 5.69 Å². The van der Waals surface area contributed by atoms with Crippen molar-refractivity contribution in [3.05, 3.63) is 48.7 Å². The minimum absolute atomic E-state index is 0.0781. The molecule has 2 rings (SSSR count). The topological polar surface area (TPSA) is 43.3 Å². The van der Waals surface area contributed by atoms with Gasteiger partial charge in [-0.05, 0) is 24.3 Å². The number of aromatic nitrogens is 1. The summed E-state index contributed by atoms with van der Waals surface area (Å²) in [6.45, 7) is 0.241. The third kappa shape index (κ3) is 2.87. The van der Waals surface area contributed by atoms with E-state index in [9.17, 15) is 4.79 Å². The number of anilines is 1. The zero-order valence-corrected chi connectivity index (χ0v) is 9.59. The van der Waals surface area contributed by atoms with Gasteiger partial charge in [-0.1, -0.05) is 18.2 Å². The van der Waals surface area contributed by atoms with Gasteiger partial charge < -0.3 is 14.6 Å². The van der Waals surface area contributed by atoms with Crippen molar-refractivity contribution < 1.29 is 9.53 Å². The van der Waals surface area contributed by atoms with Crippen molar-refractivity contribution >= 4 is 11.6 Å². The van der Waals surface area contributed by atoms with Gasteiger partial charge in [0.2, 0.25) is 5.91 Å². The van der Waals surface area contributed by atoms with E-state index in [1.807, 2.05) is 48.7 Å². The third-order valence-electron chi connectivity index (χ3n) is 2.37. The number of amides is 1. The number of para-hydroxylation sites is 1. The molecule has 1 heterocycles. The Morgan fingerprint density at radius 2 is 2.00 bits per heavy atom. The van der Waals surface area contributed by atoms with Gasteiger partial charge in [-0.2, -0.15) is 0 Å². The Morgan fingerprint density at radius 3 is 2.71 bits per heavy atom. The summed E-state index contributed by atoms with van der Waals surface area (Å²) >= 11 is 0. The highest BCUT2D eigenvalue weighted by atomic mass is 16.5. The van der Waals surface area contributed by atoms with Crippen molar-refractivity contribution in [2.45, 2.75) is 6.54 Å². The predicted molar refractivity (Wildman–Crippen MR) is 66.1 cm³/mol. The molecule has 0 aliphatic carbocycles. The van der Waals surface area contributed by atoms with Gasteiger partial charge in [-0.15, -0.1) is 0 Å². The number of nitrogens with one attached hydrogen (secondary N) is 1. The van der Waals surface area contributed by atoms with E-state index >= 15 is 0 Å². The summed E-state index contributed by atoms with van der Waals surface area (Å²) in [7, 11) is 1.58. The minimum Gasteiger partial charge on any atom is -0.482 e. The van der Waals surface area contributed by atoms with E-state index in [0.717, 1.165) is 5.69 Å². The Hall–Kier alpha value is -2.23. The van der Waals surface area contributed by atoms with E-state index in [1.54, 1.807) is 11.7 Å². The minimum atomic E-state index is -0.0781. The van der Waals surface area contributed by atoms with Gasteiger partial charge in [-0.25, -0.2) is 0 Å². The van der Waals surface area contributed by atoms with Crippen LogP contribution in [-0.4, -0.2) is 17.6 Å². The second kappa shape index (κ2) is 5.21. The molecule has 1 amide bonds. The van der Waals surface area contributed by atoms with Crippen LogP contribution in [0.5, 0.6) is 5.88 Å². The Labute approximate surface area is 99.8 Å². The first-order chi connectivity index (χ1) is 8.29. The lowest BCUT2D eigenvalue weighted by molar-refractivity contribution is -0.116. The fourth-order valence-corrected chi connectivity index (χ4v) is 1.59. The highest BCUT2D eigenvalue weighted by molar-refractivity contribution is 5.90. The Bertz CT molecular complexity index is 491. The molecular formula is C13H14N2O2. The summed E-state index contributed by atoms with van der Waals surface area (Å²) in [5.74, 6) is 0.596. The number of ether oxygens (including phenoxy) is 1. The lowest BCUT2D eigenvalue weighted by Gasteiger charge is -2.08. The smallest absolute Gasteiger partial charge is 0.244 e. The Balaban J connectivity index is 1.98. The van der Waals surface area contributed by atoms with Gasteiger partial charge in [0, 0.05) is 11.9 Å². The number of rotatable bonds is 4. The number of carbonyl (C=O) groups is 1. The molecule has 0 saturated heterocycles. The van der Waals surface area contributed by atoms with Crippen LogP contribution in [0.1, 0.15) is 0 Å². The first kappa shape index (κ1) is 11.3. The molecule has 0 saturated carbocycles. The molecule has 88 valence electrons. The molecule has 0 spiro atoms. The summed E-state index contributed by atoms with van der Waals surface area (Å²) in [5, 5.41) is 2.82. The molecule has 0 aliphatic rings. The average Bonchev–Trinajstić information content (AvgIpc) is 2.77. The van der Waals surface area contributed by atoms with E-state index in [1.165, 1.54) is 0 Å². The highest BCUT2D eigenvalue weighted by Crippen LogP contribution is 2.11. The van der Waals surface area contributed by atoms with E-state index in [-0.39, 0.29) is 12.5 Å². The zero-order chi connectivity index (χ0) is 12.1. The number of methoxy groups -OCH3 is 1. The van der Waals surface area contributed by atoms with Crippen LogP contribution in [0.15, 0.2) is 48.7 Å². The van der Waals surface area contributed by atoms with Gasteiger partial charge in [0.1, 0.15) is 6.54 Å². The van der Waals surface area contributed by atoms with E-state index in [0.29, 0.717) is 5.88 Å². The van der Waals surface area contributed by atoms with Gasteiger partial charge in [-0.3, -0.25) is 4.79 Å². The Morgan fingerprint density at radius 1 is 1.24 bits per heavy atom. The summed E-state index contributed by atoms with van der Waals surface area (Å²) in [4.78, 5) is 11.8. The summed E-state index contributed by atoms with van der Waals surface area (Å²) in [6.07, 6.45) is 1.81. The van der Waals surface area contributed by atoms with Gasteiger partial charge >= 0.3 is 0 Å². The summed E-state index contributed by atoms with van der Waals surface area (Å²) in [6, 6.07) is 13.0. The lowest BCUT2D eigenvalue weighted by atomic mass is 10.3. The standard InChI is InChI=1S/C13H14N2O2/c1-17-13-8-5-9-15(13)10-12(16)14-11-6-3-2-4-7-11/h2-9H,10H2,1H3,(H,14,16). The van der Waals surface area contributed by atoms with E-state index in [2.05, 4.69) is 5.32 Å². The van der Waals surface area contributed by atoms with Crippen molar-refractivity contribution in [1.82, 2.24) is 4.57 Å². The second-order valence-electron chi connectivity index (χ2n) is 3.59. The maximum Gasteiger partial charge on any atom is 0.244 e. The number of benzene rings is 1. The number of nitrogens with zero attached hydrogens (tertiary/aromatic N) is 1. The molecule has 4 nitrogen and oxygen atoms in total. The van der Waals surface area contributed by atoms with Gasteiger partial charge in [0.25, 0.3) is 0 Å². The molecule has 2 aromatic rings. The van der Waals surface area contributed by atoms with Gasteiger partial charge in [0.05, 0.1) is 7.11 Å². The van der Waals surface area contributed by atoms with E-state index in [4.69, 9.17) is 4.74 Å². The molecule has 1 aromatic carbocycles. The second-order valence-corrected chi connectivity index (χ2v) is 3.59. The third-order valence-corrected chi connectivity index (χ3v) is 2.37. The van der Waals surface area contributed by atoms with Crippen molar-refractivity contribution in [3.8, 4) is 5.88 Å². The maximum absolute atomic E-state index is 11.8. The van der Waals surface area contributed by atoms with Crippen LogP contribution in [0.2, 0.25) is 0 Å². The molecule has 1 aromatic heterocycles. The van der Waals surface area contributed by atoms with Crippen LogP contribution in [0, 0.1) is 0 Å². The monoisotopic (exact) mass is 230 g/mol. The molecule has 1 N–H and O–H groups in total. The van der Waals surface area contributed by atoms with Crippen molar-refractivity contribution in [2.24, 2.45) is 0 Å². The van der Waals surface area contributed by atoms with Crippen molar-refractivity contribution in [3.63, 3.8) is 0 Å². The van der Waals surface area contributed by atoms with Crippen LogP contribution in [0.25, 0.3) is 0 Å². The average molecular weight is 230 g/mol. The predicted octanol–water partition coefficient (Wildman–Crippen LogP) is 2.14. The molecule has 0 atom stereocenters. The van der Waals surface area contributed by atoms with Crippen LogP contribution in [0.3, 0.4) is 0 Å². The van der Waals surface area contributed by atoms with Crippen LogP contribution in [-0.2, 0) is 11.3 Å². The SMILES string of the molecule is COc1cccn1CC(=O)Nc1ccccc1. The summed E-state index contributed by atoms with van der Waals surface area (Å²) < 4.78 is 6.87. The van der Waals surface area contributed by atoms with Gasteiger partial charge in [0.15, 0.2) is 5.88 Å².